The van der Waals surface area contributed by atoms with Crippen molar-refractivity contribution in [1.29, 1.82) is 0 Å². The summed E-state index contributed by atoms with van der Waals surface area (Å²) in [7, 11) is 0. The molecule has 16 heavy (non-hydrogen) atoms. The van der Waals surface area contributed by atoms with Gasteiger partial charge in [0, 0.05) is 6.54 Å². The van der Waals surface area contributed by atoms with Crippen molar-refractivity contribution in [3.05, 3.63) is 47.8 Å². The van der Waals surface area contributed by atoms with Crippen molar-refractivity contribution < 1.29 is 0 Å². The first kappa shape index (κ1) is 10.9. The van der Waals surface area contributed by atoms with Crippen molar-refractivity contribution in [3.8, 4) is 5.69 Å². The fourth-order valence-electron chi connectivity index (χ4n) is 1.86. The molecule has 2 N–H and O–H groups in total. The van der Waals surface area contributed by atoms with Crippen LogP contribution in [0.25, 0.3) is 5.69 Å². The van der Waals surface area contributed by atoms with E-state index >= 15 is 0 Å². The van der Waals surface area contributed by atoms with Gasteiger partial charge in [0.15, 0.2) is 0 Å². The molecule has 1 heterocycles. The largest absolute Gasteiger partial charge is 0.325 e. The first-order valence-corrected chi connectivity index (χ1v) is 5.56. The van der Waals surface area contributed by atoms with E-state index in [0.717, 1.165) is 11.4 Å². The molecule has 0 saturated heterocycles. The molecule has 0 radical (unpaired) electrons. The van der Waals surface area contributed by atoms with Gasteiger partial charge < -0.3 is 5.73 Å². The highest BCUT2D eigenvalue weighted by atomic mass is 15.3. The number of rotatable bonds is 3. The van der Waals surface area contributed by atoms with Crippen LogP contribution in [0.3, 0.4) is 0 Å². The van der Waals surface area contributed by atoms with Gasteiger partial charge in [-0.05, 0) is 23.6 Å². The number of nitrogens with two attached hydrogens (primary N) is 1. The van der Waals surface area contributed by atoms with Crippen LogP contribution in [-0.4, -0.2) is 9.78 Å². The molecule has 0 atom stereocenters. The summed E-state index contributed by atoms with van der Waals surface area (Å²) in [6, 6.07) is 10.1. The Hall–Kier alpha value is -1.61. The van der Waals surface area contributed by atoms with Gasteiger partial charge in [-0.3, -0.25) is 0 Å². The first-order chi connectivity index (χ1) is 7.74. The van der Waals surface area contributed by atoms with Crippen molar-refractivity contribution in [2.45, 2.75) is 26.3 Å². The van der Waals surface area contributed by atoms with E-state index in [-0.39, 0.29) is 0 Å². The fraction of sp³-hybridized carbons (Fsp3) is 0.308. The minimum atomic E-state index is 0.455. The smallest absolute Gasteiger partial charge is 0.0649 e. The van der Waals surface area contributed by atoms with Gasteiger partial charge in [-0.2, -0.15) is 5.10 Å². The molecule has 0 saturated carbocycles. The third-order valence-corrected chi connectivity index (χ3v) is 2.72. The molecule has 2 rings (SSSR count). The molecule has 0 amide bonds. The summed E-state index contributed by atoms with van der Waals surface area (Å²) in [6.45, 7) is 4.83. The number of hydrogen-bond donors (Lipinski definition) is 1. The van der Waals surface area contributed by atoms with Crippen LogP contribution in [0.5, 0.6) is 0 Å². The van der Waals surface area contributed by atoms with E-state index in [1.54, 1.807) is 0 Å². The molecular formula is C13H17N3. The van der Waals surface area contributed by atoms with Gasteiger partial charge in [-0.15, -0.1) is 0 Å². The maximum Gasteiger partial charge on any atom is 0.0649 e. The van der Waals surface area contributed by atoms with Crippen LogP contribution in [0.15, 0.2) is 36.5 Å². The van der Waals surface area contributed by atoms with E-state index in [1.165, 1.54) is 5.56 Å². The molecule has 0 aliphatic heterocycles. The molecule has 0 spiro atoms. The van der Waals surface area contributed by atoms with E-state index in [4.69, 9.17) is 5.73 Å². The van der Waals surface area contributed by atoms with Gasteiger partial charge in [0.2, 0.25) is 0 Å². The number of para-hydroxylation sites is 1. The molecule has 0 unspecified atom stereocenters. The van der Waals surface area contributed by atoms with Crippen LogP contribution in [-0.2, 0) is 6.54 Å². The van der Waals surface area contributed by atoms with Crippen molar-refractivity contribution in [1.82, 2.24) is 9.78 Å². The van der Waals surface area contributed by atoms with Gasteiger partial charge in [0.25, 0.3) is 0 Å². The summed E-state index contributed by atoms with van der Waals surface area (Å²) >= 11 is 0. The molecule has 84 valence electrons. The Morgan fingerprint density at radius 2 is 1.94 bits per heavy atom. The molecule has 2 aromatic rings. The van der Waals surface area contributed by atoms with Crippen LogP contribution in [0.2, 0.25) is 0 Å². The van der Waals surface area contributed by atoms with E-state index < -0.39 is 0 Å². The monoisotopic (exact) mass is 215 g/mol. The zero-order valence-corrected chi connectivity index (χ0v) is 9.72. The zero-order chi connectivity index (χ0) is 11.5. The number of hydrogen-bond acceptors (Lipinski definition) is 2. The lowest BCUT2D eigenvalue weighted by Crippen LogP contribution is -2.09. The summed E-state index contributed by atoms with van der Waals surface area (Å²) in [6.07, 6.45) is 1.92. The average Bonchev–Trinajstić information content (AvgIpc) is 2.73. The highest BCUT2D eigenvalue weighted by molar-refractivity contribution is 5.35. The molecule has 3 nitrogen and oxygen atoms in total. The SMILES string of the molecule is CC(C)c1cnn(-c2ccccc2)c1CN. The van der Waals surface area contributed by atoms with Crippen molar-refractivity contribution in [2.75, 3.05) is 0 Å². The highest BCUT2D eigenvalue weighted by Gasteiger charge is 2.12. The van der Waals surface area contributed by atoms with Crippen LogP contribution in [0.4, 0.5) is 0 Å². The molecule has 0 aliphatic rings. The van der Waals surface area contributed by atoms with Crippen LogP contribution in [0.1, 0.15) is 31.0 Å². The van der Waals surface area contributed by atoms with Gasteiger partial charge >= 0.3 is 0 Å². The average molecular weight is 215 g/mol. The van der Waals surface area contributed by atoms with Gasteiger partial charge in [0.05, 0.1) is 17.6 Å². The van der Waals surface area contributed by atoms with E-state index in [0.29, 0.717) is 12.5 Å². The van der Waals surface area contributed by atoms with E-state index in [2.05, 4.69) is 18.9 Å². The van der Waals surface area contributed by atoms with Crippen LogP contribution in [0, 0.1) is 0 Å². The second-order valence-electron chi connectivity index (χ2n) is 4.15. The third-order valence-electron chi connectivity index (χ3n) is 2.72. The normalized spacial score (nSPS) is 11.0. The second-order valence-corrected chi connectivity index (χ2v) is 4.15. The number of nitrogens with zero attached hydrogens (tertiary/aromatic N) is 2. The van der Waals surface area contributed by atoms with Crippen molar-refractivity contribution in [2.24, 2.45) is 5.73 Å². The minimum Gasteiger partial charge on any atom is -0.325 e. The second kappa shape index (κ2) is 4.49. The van der Waals surface area contributed by atoms with Crippen LogP contribution < -0.4 is 5.73 Å². The lowest BCUT2D eigenvalue weighted by molar-refractivity contribution is 0.779. The highest BCUT2D eigenvalue weighted by Crippen LogP contribution is 2.21. The molecule has 0 bridgehead atoms. The Kier molecular flexibility index (Phi) is 3.06. The van der Waals surface area contributed by atoms with E-state index in [1.807, 2.05) is 41.2 Å². The van der Waals surface area contributed by atoms with E-state index in [9.17, 15) is 0 Å². The standard InChI is InChI=1S/C13H17N3/c1-10(2)12-9-15-16(13(12)8-14)11-6-4-3-5-7-11/h3-7,9-10H,8,14H2,1-2H3. The van der Waals surface area contributed by atoms with Gasteiger partial charge in [-0.1, -0.05) is 32.0 Å². The Balaban J connectivity index is 2.50. The predicted molar refractivity (Wildman–Crippen MR) is 65.5 cm³/mol. The Bertz CT molecular complexity index is 457. The lowest BCUT2D eigenvalue weighted by Gasteiger charge is -2.09. The molecular weight excluding hydrogens is 198 g/mol. The molecule has 0 aliphatic carbocycles. The molecule has 1 aromatic heterocycles. The lowest BCUT2D eigenvalue weighted by atomic mass is 10.0. The molecule has 1 aromatic carbocycles. The predicted octanol–water partition coefficient (Wildman–Crippen LogP) is 2.45. The summed E-state index contributed by atoms with van der Waals surface area (Å²) in [5.74, 6) is 0.455. The Morgan fingerprint density at radius 3 is 2.50 bits per heavy atom. The Labute approximate surface area is 95.9 Å². The summed E-state index contributed by atoms with van der Waals surface area (Å²) in [5.41, 5.74) is 9.20. The summed E-state index contributed by atoms with van der Waals surface area (Å²) in [5, 5.41) is 4.42. The maximum absolute atomic E-state index is 5.81. The summed E-state index contributed by atoms with van der Waals surface area (Å²) < 4.78 is 1.93. The maximum atomic E-state index is 5.81. The molecule has 3 heteroatoms. The zero-order valence-electron chi connectivity index (χ0n) is 9.72. The van der Waals surface area contributed by atoms with Gasteiger partial charge in [0.1, 0.15) is 0 Å². The third kappa shape index (κ3) is 1.86. The van der Waals surface area contributed by atoms with Crippen molar-refractivity contribution in [3.63, 3.8) is 0 Å². The first-order valence-electron chi connectivity index (χ1n) is 5.56. The minimum absolute atomic E-state index is 0.455. The topological polar surface area (TPSA) is 43.8 Å². The van der Waals surface area contributed by atoms with Gasteiger partial charge in [-0.25, -0.2) is 4.68 Å². The summed E-state index contributed by atoms with van der Waals surface area (Å²) in [4.78, 5) is 0. The number of benzene rings is 1. The number of aromatic nitrogens is 2. The van der Waals surface area contributed by atoms with Crippen LogP contribution >= 0.6 is 0 Å². The molecule has 0 fully saturated rings. The van der Waals surface area contributed by atoms with Crippen molar-refractivity contribution >= 4 is 0 Å². The quantitative estimate of drug-likeness (QED) is 0.854. The fourth-order valence-corrected chi connectivity index (χ4v) is 1.86. The Morgan fingerprint density at radius 1 is 1.25 bits per heavy atom.